The molecule has 0 atom stereocenters. The molecule has 0 aliphatic carbocycles. The highest BCUT2D eigenvalue weighted by Gasteiger charge is 1.58. The molecule has 0 amide bonds. The second-order valence-electron chi connectivity index (χ2n) is 0.704. The lowest BCUT2D eigenvalue weighted by Gasteiger charge is -1.69. The van der Waals surface area contributed by atoms with Crippen LogP contribution >= 0.6 is 11.9 Å². The molecule has 0 saturated heterocycles. The van der Waals surface area contributed by atoms with Gasteiger partial charge in [0.25, 0.3) is 0 Å². The molecule has 0 spiro atoms. The molecule has 0 rings (SSSR count). The Labute approximate surface area is 42.3 Å². The molecule has 1 nitrogen and oxygen atoms in total. The fourth-order valence-corrected chi connectivity index (χ4v) is 0.312. The minimum absolute atomic E-state index is 1.34. The third-order valence-electron chi connectivity index (χ3n) is 0.271. The molecule has 0 aromatic rings. The second kappa shape index (κ2) is 4.76. The zero-order valence-corrected chi connectivity index (χ0v) is 4.53. The zero-order valence-electron chi connectivity index (χ0n) is 3.72. The molecule has 0 bridgehead atoms. The first-order valence-electron chi connectivity index (χ1n) is 1.65. The van der Waals surface area contributed by atoms with Crippen molar-refractivity contribution in [3.8, 4) is 0 Å². The summed E-state index contributed by atoms with van der Waals surface area (Å²) in [5.74, 6) is 0. The number of rotatable bonds is 2. The zero-order chi connectivity index (χ0) is 4.83. The smallest absolute Gasteiger partial charge is 0.00114 e. The van der Waals surface area contributed by atoms with Crippen LogP contribution in [0.1, 0.15) is 6.92 Å². The van der Waals surface area contributed by atoms with Crippen molar-refractivity contribution < 1.29 is 0 Å². The van der Waals surface area contributed by atoms with Gasteiger partial charge >= 0.3 is 0 Å². The number of nitrogens with zero attached hydrogens (tertiary/aromatic N) is 1. The minimum atomic E-state index is 1.34. The van der Waals surface area contributed by atoms with Gasteiger partial charge in [-0.1, -0.05) is 6.08 Å². The molecule has 34 valence electrons. The summed E-state index contributed by atoms with van der Waals surface area (Å²) in [4.78, 5) is 0. The van der Waals surface area contributed by atoms with E-state index in [9.17, 15) is 0 Å². The van der Waals surface area contributed by atoms with Crippen molar-refractivity contribution in [2.45, 2.75) is 6.92 Å². The van der Waals surface area contributed by atoms with Crippen LogP contribution in [-0.4, -0.2) is 6.72 Å². The van der Waals surface area contributed by atoms with Crippen LogP contribution in [0.15, 0.2) is 15.9 Å². The van der Waals surface area contributed by atoms with E-state index >= 15 is 0 Å². The predicted molar refractivity (Wildman–Crippen MR) is 32.0 cm³/mol. The Morgan fingerprint density at radius 1 is 1.83 bits per heavy atom. The maximum Gasteiger partial charge on any atom is 0.00114 e. The third kappa shape index (κ3) is 3.76. The summed E-state index contributed by atoms with van der Waals surface area (Å²) < 4.78 is 3.51. The van der Waals surface area contributed by atoms with E-state index in [4.69, 9.17) is 0 Å². The number of allylic oxidation sites excluding steroid dienone is 1. The molecule has 0 fully saturated rings. The Bertz CT molecular complexity index is 58.6. The summed E-state index contributed by atoms with van der Waals surface area (Å²) in [6.45, 7) is 5.20. The van der Waals surface area contributed by atoms with Crippen LogP contribution in [0.25, 0.3) is 0 Å². The van der Waals surface area contributed by atoms with E-state index in [0.717, 1.165) is 0 Å². The summed E-state index contributed by atoms with van der Waals surface area (Å²) in [7, 11) is 0. The first-order valence-corrected chi connectivity index (χ1v) is 2.48. The Kier molecular flexibility index (Phi) is 4.57. The molecule has 0 unspecified atom stereocenters. The summed E-state index contributed by atoms with van der Waals surface area (Å²) in [6.07, 6.45) is 1.92. The molecular formula is C4H7NS. The highest BCUT2D eigenvalue weighted by molar-refractivity contribution is 8.00. The fraction of sp³-hybridized carbons (Fsp3) is 0.250. The third-order valence-corrected chi connectivity index (χ3v) is 0.814. The van der Waals surface area contributed by atoms with E-state index in [-0.39, 0.29) is 0 Å². The van der Waals surface area contributed by atoms with Gasteiger partial charge in [0, 0.05) is 11.9 Å². The molecule has 0 aromatic carbocycles. The van der Waals surface area contributed by atoms with E-state index < -0.39 is 0 Å². The second-order valence-corrected chi connectivity index (χ2v) is 1.45. The lowest BCUT2D eigenvalue weighted by molar-refractivity contribution is 1.78. The van der Waals surface area contributed by atoms with Crippen LogP contribution in [0.5, 0.6) is 0 Å². The molecule has 0 radical (unpaired) electrons. The van der Waals surface area contributed by atoms with Crippen LogP contribution in [0.3, 0.4) is 0 Å². The van der Waals surface area contributed by atoms with Gasteiger partial charge in [-0.2, -0.15) is 0 Å². The van der Waals surface area contributed by atoms with E-state index in [1.165, 1.54) is 11.9 Å². The van der Waals surface area contributed by atoms with Gasteiger partial charge in [0.05, 0.1) is 0 Å². The van der Waals surface area contributed by atoms with Gasteiger partial charge in [0.15, 0.2) is 0 Å². The van der Waals surface area contributed by atoms with Crippen LogP contribution < -0.4 is 0 Å². The summed E-state index contributed by atoms with van der Waals surface area (Å²) in [5.41, 5.74) is 0. The summed E-state index contributed by atoms with van der Waals surface area (Å²) in [5, 5.41) is 1.87. The van der Waals surface area contributed by atoms with Gasteiger partial charge in [-0.15, -0.1) is 0 Å². The molecule has 6 heavy (non-hydrogen) atoms. The number of hydrogen-bond donors (Lipinski definition) is 0. The molecule has 0 aliphatic heterocycles. The molecule has 0 aliphatic rings. The Morgan fingerprint density at radius 2 is 2.50 bits per heavy atom. The predicted octanol–water partition coefficient (Wildman–Crippen LogP) is 1.87. The Balaban J connectivity index is 2.85. The monoisotopic (exact) mass is 101 g/mol. The van der Waals surface area contributed by atoms with Gasteiger partial charge in [-0.05, 0) is 19.0 Å². The molecule has 2 heteroatoms. The lowest BCUT2D eigenvalue weighted by atomic mass is 10.8. The Morgan fingerprint density at radius 3 is 2.67 bits per heavy atom. The van der Waals surface area contributed by atoms with E-state index in [1.807, 2.05) is 18.4 Å². The summed E-state index contributed by atoms with van der Waals surface area (Å²) in [6, 6.07) is 0. The molecule has 0 N–H and O–H groups in total. The SMILES string of the molecule is C=NS/C=C\C. The lowest BCUT2D eigenvalue weighted by Crippen LogP contribution is -1.36. The maximum atomic E-state index is 3.51. The standard InChI is InChI=1S/C4H7NS/c1-3-4-6-5-2/h3-4H,2H2,1H3/b4-3-. The van der Waals surface area contributed by atoms with E-state index in [2.05, 4.69) is 11.1 Å². The van der Waals surface area contributed by atoms with Gasteiger partial charge in [0.1, 0.15) is 0 Å². The highest BCUT2D eigenvalue weighted by Crippen LogP contribution is 1.98. The van der Waals surface area contributed by atoms with E-state index in [0.29, 0.717) is 0 Å². The van der Waals surface area contributed by atoms with E-state index in [1.54, 1.807) is 0 Å². The summed E-state index contributed by atoms with van der Waals surface area (Å²) >= 11 is 1.34. The van der Waals surface area contributed by atoms with Crippen molar-refractivity contribution in [1.82, 2.24) is 0 Å². The maximum absolute atomic E-state index is 3.51. The van der Waals surface area contributed by atoms with Crippen molar-refractivity contribution >= 4 is 18.7 Å². The molecule has 0 saturated carbocycles. The average Bonchev–Trinajstić information content (AvgIpc) is 1.61. The minimum Gasteiger partial charge on any atom is -0.228 e. The van der Waals surface area contributed by atoms with Crippen molar-refractivity contribution in [1.29, 1.82) is 0 Å². The number of hydrogen-bond acceptors (Lipinski definition) is 2. The normalized spacial score (nSPS) is 9.50. The fourth-order valence-electron chi connectivity index (χ4n) is 0.104. The first-order chi connectivity index (χ1) is 2.91. The van der Waals surface area contributed by atoms with Crippen LogP contribution in [-0.2, 0) is 0 Å². The topological polar surface area (TPSA) is 12.4 Å². The van der Waals surface area contributed by atoms with Crippen LogP contribution in [0.2, 0.25) is 0 Å². The Hall–Kier alpha value is -0.240. The average molecular weight is 101 g/mol. The molecular weight excluding hydrogens is 94.1 g/mol. The van der Waals surface area contributed by atoms with Gasteiger partial charge in [0.2, 0.25) is 0 Å². The van der Waals surface area contributed by atoms with Crippen molar-refractivity contribution in [2.24, 2.45) is 4.40 Å². The molecule has 0 heterocycles. The molecule has 0 aromatic heterocycles. The van der Waals surface area contributed by atoms with Crippen molar-refractivity contribution in [3.63, 3.8) is 0 Å². The van der Waals surface area contributed by atoms with Crippen molar-refractivity contribution in [2.75, 3.05) is 0 Å². The van der Waals surface area contributed by atoms with Crippen LogP contribution in [0.4, 0.5) is 0 Å². The van der Waals surface area contributed by atoms with Crippen molar-refractivity contribution in [3.05, 3.63) is 11.5 Å². The van der Waals surface area contributed by atoms with Gasteiger partial charge in [-0.3, -0.25) is 0 Å². The quantitative estimate of drug-likeness (QED) is 0.382. The van der Waals surface area contributed by atoms with Gasteiger partial charge < -0.3 is 0 Å². The largest absolute Gasteiger partial charge is 0.228 e. The van der Waals surface area contributed by atoms with Crippen LogP contribution in [0, 0.1) is 0 Å². The highest BCUT2D eigenvalue weighted by atomic mass is 32.2. The van der Waals surface area contributed by atoms with Gasteiger partial charge in [-0.25, -0.2) is 4.40 Å². The first kappa shape index (κ1) is 5.76.